The third kappa shape index (κ3) is 2.94. The quantitative estimate of drug-likeness (QED) is 0.371. The number of pyridine rings is 1. The van der Waals surface area contributed by atoms with E-state index in [9.17, 15) is 9.59 Å². The minimum absolute atomic E-state index is 0.0964. The second kappa shape index (κ2) is 7.56. The van der Waals surface area contributed by atoms with E-state index < -0.39 is 6.04 Å². The fourth-order valence-corrected chi connectivity index (χ4v) is 4.98. The fourth-order valence-electron chi connectivity index (χ4n) is 4.98. The third-order valence-corrected chi connectivity index (χ3v) is 6.75. The normalized spacial score (nSPS) is 14.5. The van der Waals surface area contributed by atoms with Crippen molar-refractivity contribution in [2.45, 2.75) is 33.7 Å². The van der Waals surface area contributed by atoms with E-state index in [0.29, 0.717) is 22.6 Å². The molecule has 174 valence electrons. The van der Waals surface area contributed by atoms with E-state index in [1.165, 1.54) is 4.90 Å². The van der Waals surface area contributed by atoms with Crippen LogP contribution in [0.1, 0.15) is 57.7 Å². The molecular weight excluding hydrogens is 442 g/mol. The second-order valence-electron chi connectivity index (χ2n) is 9.15. The van der Waals surface area contributed by atoms with Crippen LogP contribution in [0.3, 0.4) is 0 Å². The van der Waals surface area contributed by atoms with Gasteiger partial charge in [0.05, 0.1) is 28.4 Å². The van der Waals surface area contributed by atoms with Crippen molar-refractivity contribution in [2.24, 2.45) is 5.92 Å². The molecular formula is C26H23N7O2. The molecule has 0 fully saturated rings. The molecule has 4 aromatic heterocycles. The number of carbonyl (C=O) groups excluding carboxylic acids is 2. The zero-order chi connectivity index (χ0) is 24.4. The van der Waals surface area contributed by atoms with Crippen LogP contribution in [-0.2, 0) is 0 Å². The Labute approximate surface area is 201 Å². The number of carbonyl (C=O) groups is 2. The lowest BCUT2D eigenvalue weighted by Crippen LogP contribution is -2.37. The molecule has 0 aliphatic carbocycles. The van der Waals surface area contributed by atoms with Gasteiger partial charge < -0.3 is 0 Å². The standard InChI is InChI=1S/C26H23N7O2/c1-14(2)21(33-25(34)18-9-5-6-10-19(18)26(33)35)22-29-24-20-15(3)16(4)32(17-8-7-11-27-12-17)23(20)28-13-31(24)30-22/h5-14,21H,1-4H3/t21-/m0/s1. The molecule has 0 saturated heterocycles. The molecule has 5 heterocycles. The molecule has 0 N–H and O–H groups in total. The van der Waals surface area contributed by atoms with E-state index in [4.69, 9.17) is 9.97 Å². The number of nitrogens with zero attached hydrogens (tertiary/aromatic N) is 7. The molecule has 2 amide bonds. The summed E-state index contributed by atoms with van der Waals surface area (Å²) in [6.07, 6.45) is 5.16. The Hall–Kier alpha value is -4.40. The molecule has 0 saturated carbocycles. The highest BCUT2D eigenvalue weighted by Crippen LogP contribution is 2.36. The smallest absolute Gasteiger partial charge is 0.262 e. The summed E-state index contributed by atoms with van der Waals surface area (Å²) in [5.74, 6) is -0.321. The van der Waals surface area contributed by atoms with Gasteiger partial charge >= 0.3 is 0 Å². The van der Waals surface area contributed by atoms with E-state index in [1.54, 1.807) is 47.5 Å². The molecule has 9 nitrogen and oxygen atoms in total. The maximum atomic E-state index is 13.2. The number of hydrogen-bond donors (Lipinski definition) is 0. The average molecular weight is 466 g/mol. The SMILES string of the molecule is Cc1c(C)n(-c2cccnc2)c2ncn3nc([C@H](C(C)C)N4C(=O)c5ccccc5C4=O)nc3c12. The number of aromatic nitrogens is 6. The van der Waals surface area contributed by atoms with Crippen LogP contribution in [0.5, 0.6) is 0 Å². The van der Waals surface area contributed by atoms with E-state index in [1.807, 2.05) is 39.8 Å². The van der Waals surface area contributed by atoms with Crippen molar-refractivity contribution < 1.29 is 9.59 Å². The summed E-state index contributed by atoms with van der Waals surface area (Å²) < 4.78 is 3.68. The van der Waals surface area contributed by atoms with Crippen LogP contribution in [0.2, 0.25) is 0 Å². The molecule has 35 heavy (non-hydrogen) atoms. The van der Waals surface area contributed by atoms with E-state index in [2.05, 4.69) is 14.6 Å². The molecule has 1 aliphatic heterocycles. The fraction of sp³-hybridized carbons (Fsp3) is 0.231. The van der Waals surface area contributed by atoms with Crippen molar-refractivity contribution >= 4 is 28.5 Å². The summed E-state index contributed by atoms with van der Waals surface area (Å²) in [7, 11) is 0. The van der Waals surface area contributed by atoms with Gasteiger partial charge in [-0.25, -0.2) is 14.5 Å². The van der Waals surface area contributed by atoms with Crippen molar-refractivity contribution in [3.05, 3.63) is 83.3 Å². The van der Waals surface area contributed by atoms with Gasteiger partial charge in [-0.15, -0.1) is 5.10 Å². The number of imide groups is 1. The predicted octanol–water partition coefficient (Wildman–Crippen LogP) is 4.07. The van der Waals surface area contributed by atoms with Crippen LogP contribution in [0.15, 0.2) is 55.1 Å². The van der Waals surface area contributed by atoms with Gasteiger partial charge in [-0.1, -0.05) is 26.0 Å². The number of fused-ring (bicyclic) bond motifs is 4. The van der Waals surface area contributed by atoms with Gasteiger partial charge in [-0.2, -0.15) is 0 Å². The minimum atomic E-state index is -0.612. The lowest BCUT2D eigenvalue weighted by molar-refractivity contribution is 0.0529. The van der Waals surface area contributed by atoms with Crippen LogP contribution in [0.25, 0.3) is 22.4 Å². The highest BCUT2D eigenvalue weighted by molar-refractivity contribution is 6.21. The summed E-state index contributed by atoms with van der Waals surface area (Å²) in [5, 5.41) is 5.56. The first kappa shape index (κ1) is 21.2. The third-order valence-electron chi connectivity index (χ3n) is 6.75. The van der Waals surface area contributed by atoms with Gasteiger partial charge in [-0.3, -0.25) is 24.0 Å². The van der Waals surface area contributed by atoms with Gasteiger partial charge in [0.25, 0.3) is 11.8 Å². The molecule has 9 heteroatoms. The van der Waals surface area contributed by atoms with Gasteiger partial charge in [0, 0.05) is 11.9 Å². The van der Waals surface area contributed by atoms with Crippen molar-refractivity contribution in [1.82, 2.24) is 34.0 Å². The molecule has 5 aromatic rings. The van der Waals surface area contributed by atoms with Crippen molar-refractivity contribution in [3.8, 4) is 5.69 Å². The topological polar surface area (TPSA) is 98.3 Å². The monoisotopic (exact) mass is 465 g/mol. The molecule has 1 aliphatic rings. The molecule has 0 bridgehead atoms. The lowest BCUT2D eigenvalue weighted by atomic mass is 10.0. The van der Waals surface area contributed by atoms with Crippen LogP contribution >= 0.6 is 0 Å². The average Bonchev–Trinajstić information content (AvgIpc) is 3.47. The van der Waals surface area contributed by atoms with E-state index >= 15 is 0 Å². The second-order valence-corrected chi connectivity index (χ2v) is 9.15. The summed E-state index contributed by atoms with van der Waals surface area (Å²) in [5.41, 5.74) is 5.18. The highest BCUT2D eigenvalue weighted by Gasteiger charge is 2.43. The molecule has 1 aromatic carbocycles. The van der Waals surface area contributed by atoms with E-state index in [-0.39, 0.29) is 17.7 Å². The summed E-state index contributed by atoms with van der Waals surface area (Å²) >= 11 is 0. The van der Waals surface area contributed by atoms with Crippen molar-refractivity contribution in [3.63, 3.8) is 0 Å². The Balaban J connectivity index is 1.53. The Kier molecular flexibility index (Phi) is 4.57. The number of hydrogen-bond acceptors (Lipinski definition) is 6. The summed E-state index contributed by atoms with van der Waals surface area (Å²) in [4.78, 5) is 41.6. The maximum Gasteiger partial charge on any atom is 0.262 e. The lowest BCUT2D eigenvalue weighted by Gasteiger charge is -2.26. The van der Waals surface area contributed by atoms with Crippen molar-refractivity contribution in [2.75, 3.05) is 0 Å². The highest BCUT2D eigenvalue weighted by atomic mass is 16.2. The Morgan fingerprint density at radius 2 is 1.63 bits per heavy atom. The molecule has 0 unspecified atom stereocenters. The number of rotatable bonds is 4. The number of benzene rings is 1. The molecule has 0 radical (unpaired) electrons. The Morgan fingerprint density at radius 1 is 0.914 bits per heavy atom. The van der Waals surface area contributed by atoms with Gasteiger partial charge in [0.15, 0.2) is 17.1 Å². The van der Waals surface area contributed by atoms with Gasteiger partial charge in [0.1, 0.15) is 12.4 Å². The van der Waals surface area contributed by atoms with Crippen LogP contribution in [-0.4, -0.2) is 45.8 Å². The number of amides is 2. The first-order valence-electron chi connectivity index (χ1n) is 11.5. The van der Waals surface area contributed by atoms with Crippen molar-refractivity contribution in [1.29, 1.82) is 0 Å². The van der Waals surface area contributed by atoms with Crippen LogP contribution < -0.4 is 0 Å². The first-order chi connectivity index (χ1) is 16.9. The molecule has 1 atom stereocenters. The van der Waals surface area contributed by atoms with Gasteiger partial charge in [-0.05, 0) is 49.6 Å². The Morgan fingerprint density at radius 3 is 2.26 bits per heavy atom. The van der Waals surface area contributed by atoms with Gasteiger partial charge in [0.2, 0.25) is 0 Å². The number of aryl methyl sites for hydroxylation is 1. The minimum Gasteiger partial charge on any atom is -0.297 e. The Bertz CT molecular complexity index is 1610. The van der Waals surface area contributed by atoms with Crippen LogP contribution in [0.4, 0.5) is 0 Å². The zero-order valence-corrected chi connectivity index (χ0v) is 19.8. The zero-order valence-electron chi connectivity index (χ0n) is 19.8. The maximum absolute atomic E-state index is 13.2. The summed E-state index contributed by atoms with van der Waals surface area (Å²) in [6.45, 7) is 7.99. The van der Waals surface area contributed by atoms with E-state index in [0.717, 1.165) is 28.0 Å². The molecule has 6 rings (SSSR count). The first-order valence-corrected chi connectivity index (χ1v) is 11.5. The predicted molar refractivity (Wildman–Crippen MR) is 129 cm³/mol. The van der Waals surface area contributed by atoms with Crippen LogP contribution in [0, 0.1) is 19.8 Å². The molecule has 0 spiro atoms. The summed E-state index contributed by atoms with van der Waals surface area (Å²) in [6, 6.07) is 10.2. The largest absolute Gasteiger partial charge is 0.297 e.